The SMILES string of the molecule is CC(=O)O[C@@H]1CO[C@@H]2O[C@@H]1[C@@H]1OC(C)(C)O[C@H]21. The van der Waals surface area contributed by atoms with E-state index in [1.807, 2.05) is 13.8 Å². The fraction of sp³-hybridized carbons (Fsp3) is 0.909. The lowest BCUT2D eigenvalue weighted by Crippen LogP contribution is -2.45. The molecule has 0 radical (unpaired) electrons. The van der Waals surface area contributed by atoms with Crippen molar-refractivity contribution in [1.29, 1.82) is 0 Å². The fourth-order valence-corrected chi connectivity index (χ4v) is 2.62. The van der Waals surface area contributed by atoms with Crippen molar-refractivity contribution in [2.75, 3.05) is 6.61 Å². The molecule has 5 atom stereocenters. The van der Waals surface area contributed by atoms with Crippen LogP contribution in [0.25, 0.3) is 0 Å². The van der Waals surface area contributed by atoms with Gasteiger partial charge in [-0.25, -0.2) is 0 Å². The number of ether oxygens (including phenoxy) is 5. The zero-order chi connectivity index (χ0) is 12.2. The number of carbonyl (C=O) groups is 1. The van der Waals surface area contributed by atoms with Crippen LogP contribution in [0.2, 0.25) is 0 Å². The van der Waals surface area contributed by atoms with E-state index in [1.165, 1.54) is 6.92 Å². The summed E-state index contributed by atoms with van der Waals surface area (Å²) in [6.45, 7) is 5.40. The number of carbonyl (C=O) groups excluding carboxylic acids is 1. The lowest BCUT2D eigenvalue weighted by molar-refractivity contribution is -0.280. The molecule has 3 aliphatic rings. The molecular weight excluding hydrogens is 228 g/mol. The largest absolute Gasteiger partial charge is 0.457 e. The molecule has 3 heterocycles. The van der Waals surface area contributed by atoms with Crippen LogP contribution in [0.5, 0.6) is 0 Å². The Morgan fingerprint density at radius 3 is 2.65 bits per heavy atom. The second-order valence-corrected chi connectivity index (χ2v) is 5.02. The summed E-state index contributed by atoms with van der Waals surface area (Å²) < 4.78 is 27.8. The Bertz CT molecular complexity index is 341. The zero-order valence-corrected chi connectivity index (χ0v) is 10.0. The summed E-state index contributed by atoms with van der Waals surface area (Å²) in [6.07, 6.45) is -1.61. The van der Waals surface area contributed by atoms with Crippen molar-refractivity contribution in [3.63, 3.8) is 0 Å². The smallest absolute Gasteiger partial charge is 0.303 e. The standard InChI is InChI=1S/C11H16O6/c1-5(12)14-6-4-13-10-9-8(7(6)15-10)16-11(2,3)17-9/h6-10H,4H2,1-3H3/t6-,7+,8+,9+,10-/m1/s1. The van der Waals surface area contributed by atoms with E-state index < -0.39 is 18.2 Å². The molecule has 3 rings (SSSR count). The lowest BCUT2D eigenvalue weighted by atomic mass is 10.1. The van der Waals surface area contributed by atoms with Gasteiger partial charge in [-0.15, -0.1) is 0 Å². The molecule has 3 saturated heterocycles. The lowest BCUT2D eigenvalue weighted by Gasteiger charge is -2.32. The van der Waals surface area contributed by atoms with Crippen LogP contribution in [0, 0.1) is 0 Å². The van der Waals surface area contributed by atoms with E-state index in [2.05, 4.69) is 0 Å². The van der Waals surface area contributed by atoms with Gasteiger partial charge in [0, 0.05) is 6.92 Å². The second kappa shape index (κ2) is 3.65. The first-order valence-corrected chi connectivity index (χ1v) is 5.76. The van der Waals surface area contributed by atoms with Gasteiger partial charge in [-0.2, -0.15) is 0 Å². The van der Waals surface area contributed by atoms with E-state index in [9.17, 15) is 4.79 Å². The first kappa shape index (κ1) is 11.4. The van der Waals surface area contributed by atoms with Crippen molar-refractivity contribution in [3.8, 4) is 0 Å². The number of hydrogen-bond donors (Lipinski definition) is 0. The molecule has 0 aromatic heterocycles. The van der Waals surface area contributed by atoms with Crippen LogP contribution in [-0.2, 0) is 28.5 Å². The molecule has 6 heteroatoms. The zero-order valence-electron chi connectivity index (χ0n) is 10.0. The molecule has 6 nitrogen and oxygen atoms in total. The Morgan fingerprint density at radius 1 is 1.24 bits per heavy atom. The number of rotatable bonds is 1. The summed E-state index contributed by atoms with van der Waals surface area (Å²) in [5.74, 6) is -0.987. The van der Waals surface area contributed by atoms with Crippen molar-refractivity contribution in [2.24, 2.45) is 0 Å². The van der Waals surface area contributed by atoms with Gasteiger partial charge in [0.1, 0.15) is 18.3 Å². The molecule has 0 unspecified atom stereocenters. The third kappa shape index (κ3) is 1.85. The molecule has 2 bridgehead atoms. The van der Waals surface area contributed by atoms with Crippen LogP contribution in [0.1, 0.15) is 20.8 Å². The highest BCUT2D eigenvalue weighted by atomic mass is 16.8. The highest BCUT2D eigenvalue weighted by molar-refractivity contribution is 5.66. The monoisotopic (exact) mass is 244 g/mol. The van der Waals surface area contributed by atoms with E-state index in [0.29, 0.717) is 6.61 Å². The molecule has 0 saturated carbocycles. The second-order valence-electron chi connectivity index (χ2n) is 5.02. The molecular formula is C11H16O6. The van der Waals surface area contributed by atoms with Crippen LogP contribution >= 0.6 is 0 Å². The maximum Gasteiger partial charge on any atom is 0.303 e. The van der Waals surface area contributed by atoms with Crippen LogP contribution in [0.3, 0.4) is 0 Å². The average molecular weight is 244 g/mol. The van der Waals surface area contributed by atoms with Crippen molar-refractivity contribution >= 4 is 5.97 Å². The summed E-state index contributed by atoms with van der Waals surface area (Å²) in [6, 6.07) is 0. The summed E-state index contributed by atoms with van der Waals surface area (Å²) in [5.41, 5.74) is 0. The molecule has 0 aliphatic carbocycles. The number of esters is 1. The molecule has 0 spiro atoms. The average Bonchev–Trinajstić information content (AvgIpc) is 2.65. The minimum absolute atomic E-state index is 0.234. The third-order valence-electron chi connectivity index (χ3n) is 3.16. The van der Waals surface area contributed by atoms with E-state index in [4.69, 9.17) is 23.7 Å². The van der Waals surface area contributed by atoms with Gasteiger partial charge in [-0.3, -0.25) is 4.79 Å². The molecule has 3 aliphatic heterocycles. The molecule has 96 valence electrons. The normalized spacial score (nSPS) is 46.6. The Kier molecular flexibility index (Phi) is 2.45. The Labute approximate surface area is 99.1 Å². The van der Waals surface area contributed by atoms with E-state index in [-0.39, 0.29) is 24.3 Å². The van der Waals surface area contributed by atoms with Gasteiger partial charge in [0.25, 0.3) is 0 Å². The van der Waals surface area contributed by atoms with Gasteiger partial charge < -0.3 is 23.7 Å². The van der Waals surface area contributed by atoms with E-state index in [0.717, 1.165) is 0 Å². The van der Waals surface area contributed by atoms with Crippen molar-refractivity contribution < 1.29 is 28.5 Å². The molecule has 3 fully saturated rings. The first-order valence-electron chi connectivity index (χ1n) is 5.76. The highest BCUT2D eigenvalue weighted by Gasteiger charge is 2.60. The van der Waals surface area contributed by atoms with Crippen LogP contribution in [-0.4, -0.2) is 49.1 Å². The number of fused-ring (bicyclic) bond motifs is 5. The quantitative estimate of drug-likeness (QED) is 0.614. The van der Waals surface area contributed by atoms with Crippen molar-refractivity contribution in [2.45, 2.75) is 57.3 Å². The Balaban J connectivity index is 1.78. The highest BCUT2D eigenvalue weighted by Crippen LogP contribution is 2.42. The van der Waals surface area contributed by atoms with Crippen LogP contribution in [0.15, 0.2) is 0 Å². The topological polar surface area (TPSA) is 63.2 Å². The predicted octanol–water partition coefficient (Wildman–Crippen LogP) is 0.193. The summed E-state index contributed by atoms with van der Waals surface area (Å²) in [7, 11) is 0. The maximum atomic E-state index is 11.0. The van der Waals surface area contributed by atoms with Gasteiger partial charge in [0.05, 0.1) is 6.61 Å². The first-order chi connectivity index (χ1) is 7.96. The maximum absolute atomic E-state index is 11.0. The van der Waals surface area contributed by atoms with E-state index >= 15 is 0 Å². The van der Waals surface area contributed by atoms with Gasteiger partial charge in [-0.05, 0) is 13.8 Å². The van der Waals surface area contributed by atoms with E-state index in [1.54, 1.807) is 0 Å². The predicted molar refractivity (Wildman–Crippen MR) is 54.0 cm³/mol. The summed E-state index contributed by atoms with van der Waals surface area (Å²) in [5, 5.41) is 0. The molecule has 0 N–H and O–H groups in total. The van der Waals surface area contributed by atoms with Gasteiger partial charge in [-0.1, -0.05) is 0 Å². The van der Waals surface area contributed by atoms with Crippen LogP contribution < -0.4 is 0 Å². The van der Waals surface area contributed by atoms with Gasteiger partial charge in [0.15, 0.2) is 18.2 Å². The molecule has 0 amide bonds. The number of hydrogen-bond acceptors (Lipinski definition) is 6. The third-order valence-corrected chi connectivity index (χ3v) is 3.16. The minimum atomic E-state index is -0.642. The minimum Gasteiger partial charge on any atom is -0.457 e. The molecule has 0 aromatic carbocycles. The molecule has 17 heavy (non-hydrogen) atoms. The molecule has 0 aromatic rings. The van der Waals surface area contributed by atoms with Crippen LogP contribution in [0.4, 0.5) is 0 Å². The Morgan fingerprint density at radius 2 is 1.94 bits per heavy atom. The summed E-state index contributed by atoms with van der Waals surface area (Å²) in [4.78, 5) is 11.0. The van der Waals surface area contributed by atoms with Gasteiger partial charge >= 0.3 is 5.97 Å². The summed E-state index contributed by atoms with van der Waals surface area (Å²) >= 11 is 0. The fourth-order valence-electron chi connectivity index (χ4n) is 2.62. The van der Waals surface area contributed by atoms with Crippen molar-refractivity contribution in [3.05, 3.63) is 0 Å². The van der Waals surface area contributed by atoms with Crippen molar-refractivity contribution in [1.82, 2.24) is 0 Å². The van der Waals surface area contributed by atoms with Gasteiger partial charge in [0.2, 0.25) is 0 Å². The Hall–Kier alpha value is -0.690.